The van der Waals surface area contributed by atoms with E-state index >= 15 is 0 Å². The van der Waals surface area contributed by atoms with Gasteiger partial charge in [-0.05, 0) is 35.7 Å². The van der Waals surface area contributed by atoms with Crippen molar-refractivity contribution in [3.63, 3.8) is 0 Å². The maximum atomic E-state index is 12.5. The minimum Gasteiger partial charge on any atom is -0.472 e. The minimum atomic E-state index is -1.33. The van der Waals surface area contributed by atoms with Crippen LogP contribution in [0.3, 0.4) is 0 Å². The summed E-state index contributed by atoms with van der Waals surface area (Å²) in [6.45, 7) is 0.0482. The van der Waals surface area contributed by atoms with Gasteiger partial charge in [0.25, 0.3) is 5.91 Å². The van der Waals surface area contributed by atoms with Crippen molar-refractivity contribution in [3.8, 4) is 0 Å². The number of nitrogens with zero attached hydrogens (tertiary/aromatic N) is 1. The lowest BCUT2D eigenvalue weighted by Crippen LogP contribution is -2.41. The fourth-order valence-corrected chi connectivity index (χ4v) is 4.21. The quantitative estimate of drug-likeness (QED) is 0.563. The number of aliphatic hydroxyl groups is 1. The number of hydrogen-bond acceptors (Lipinski definition) is 6. The number of carbonyl (C=O) groups is 1. The van der Waals surface area contributed by atoms with Crippen molar-refractivity contribution in [2.24, 2.45) is 0 Å². The summed E-state index contributed by atoms with van der Waals surface area (Å²) in [4.78, 5) is 17.5. The van der Waals surface area contributed by atoms with Crippen LogP contribution in [0.2, 0.25) is 0 Å². The largest absolute Gasteiger partial charge is 0.472 e. The summed E-state index contributed by atoms with van der Waals surface area (Å²) in [5.41, 5.74) is 2.44. The lowest BCUT2D eigenvalue weighted by Gasteiger charge is -2.26. The first-order valence-electron chi connectivity index (χ1n) is 7.57. The maximum Gasteiger partial charge on any atom is 0.251 e. The molecule has 0 bridgehead atoms. The van der Waals surface area contributed by atoms with E-state index in [0.29, 0.717) is 11.1 Å². The van der Waals surface area contributed by atoms with Crippen LogP contribution in [0.4, 0.5) is 0 Å². The van der Waals surface area contributed by atoms with Crippen molar-refractivity contribution in [3.05, 3.63) is 75.8 Å². The van der Waals surface area contributed by atoms with Crippen LogP contribution in [-0.2, 0) is 5.60 Å². The van der Waals surface area contributed by atoms with Crippen LogP contribution in [0.15, 0.2) is 64.2 Å². The predicted molar refractivity (Wildman–Crippen MR) is 98.0 cm³/mol. The first-order chi connectivity index (χ1) is 12.2. The van der Waals surface area contributed by atoms with Crippen LogP contribution in [-0.4, -0.2) is 22.5 Å². The molecule has 0 saturated carbocycles. The van der Waals surface area contributed by atoms with Crippen LogP contribution in [0, 0.1) is 0 Å². The van der Waals surface area contributed by atoms with E-state index in [1.807, 2.05) is 29.6 Å². The Hall–Kier alpha value is -2.48. The Kier molecular flexibility index (Phi) is 4.12. The van der Waals surface area contributed by atoms with E-state index in [4.69, 9.17) is 4.42 Å². The molecule has 3 aromatic heterocycles. The summed E-state index contributed by atoms with van der Waals surface area (Å²) < 4.78 is 6.07. The molecule has 7 heteroatoms. The maximum absolute atomic E-state index is 12.5. The Balaban J connectivity index is 1.58. The highest BCUT2D eigenvalue weighted by molar-refractivity contribution is 7.16. The molecule has 0 saturated heterocycles. The highest BCUT2D eigenvalue weighted by Gasteiger charge is 2.34. The number of furan rings is 1. The molecule has 4 aromatic rings. The Labute approximate surface area is 151 Å². The van der Waals surface area contributed by atoms with E-state index in [0.717, 1.165) is 15.1 Å². The summed E-state index contributed by atoms with van der Waals surface area (Å²) in [7, 11) is 0. The molecule has 1 atom stereocenters. The first-order valence-corrected chi connectivity index (χ1v) is 9.33. The van der Waals surface area contributed by atoms with Gasteiger partial charge in [0.1, 0.15) is 5.60 Å². The van der Waals surface area contributed by atoms with Crippen molar-refractivity contribution in [1.29, 1.82) is 0 Å². The zero-order chi connectivity index (χ0) is 17.3. The second kappa shape index (κ2) is 6.44. The zero-order valence-electron chi connectivity index (χ0n) is 13.0. The molecule has 25 heavy (non-hydrogen) atoms. The van der Waals surface area contributed by atoms with Crippen molar-refractivity contribution in [1.82, 2.24) is 10.3 Å². The molecule has 0 radical (unpaired) electrons. The fraction of sp³-hybridized carbons (Fsp3) is 0.111. The van der Waals surface area contributed by atoms with Crippen LogP contribution >= 0.6 is 22.7 Å². The molecule has 0 aliphatic heterocycles. The molecule has 4 rings (SSSR count). The minimum absolute atomic E-state index is 0.0482. The number of hydrogen-bond donors (Lipinski definition) is 2. The Morgan fingerprint density at radius 2 is 2.20 bits per heavy atom. The molecular weight excluding hydrogens is 356 g/mol. The summed E-state index contributed by atoms with van der Waals surface area (Å²) in [5.74, 6) is -0.242. The fourth-order valence-electron chi connectivity index (χ4n) is 2.65. The number of nitrogens with one attached hydrogen (secondary N) is 1. The van der Waals surface area contributed by atoms with E-state index in [-0.39, 0.29) is 12.5 Å². The molecule has 0 fully saturated rings. The Morgan fingerprint density at radius 1 is 1.28 bits per heavy atom. The van der Waals surface area contributed by atoms with E-state index < -0.39 is 5.60 Å². The molecule has 0 aliphatic rings. The summed E-state index contributed by atoms with van der Waals surface area (Å²) in [6, 6.07) is 10.8. The highest BCUT2D eigenvalue weighted by atomic mass is 32.1. The number of amides is 1. The van der Waals surface area contributed by atoms with Crippen molar-refractivity contribution < 1.29 is 14.3 Å². The van der Waals surface area contributed by atoms with Crippen LogP contribution in [0.1, 0.15) is 20.8 Å². The van der Waals surface area contributed by atoms with Crippen LogP contribution < -0.4 is 5.32 Å². The van der Waals surface area contributed by atoms with Gasteiger partial charge < -0.3 is 14.8 Å². The Bertz CT molecular complexity index is 956. The molecule has 126 valence electrons. The molecule has 3 heterocycles. The normalized spacial score (nSPS) is 13.6. The van der Waals surface area contributed by atoms with E-state index in [1.54, 1.807) is 17.6 Å². The third-order valence-corrected chi connectivity index (χ3v) is 5.84. The number of rotatable bonds is 5. The van der Waals surface area contributed by atoms with Gasteiger partial charge in [-0.2, -0.15) is 0 Å². The van der Waals surface area contributed by atoms with E-state index in [1.165, 1.54) is 35.2 Å². The van der Waals surface area contributed by atoms with Crippen LogP contribution in [0.5, 0.6) is 0 Å². The van der Waals surface area contributed by atoms with E-state index in [2.05, 4.69) is 10.3 Å². The Morgan fingerprint density at radius 3 is 2.96 bits per heavy atom. The van der Waals surface area contributed by atoms with Crippen LogP contribution in [0.25, 0.3) is 10.2 Å². The molecule has 0 spiro atoms. The standard InChI is InChI=1S/C18H14N2O3S2/c21-17(12-3-4-14-15(8-12)25-11-20-14)19-10-18(22,13-5-6-23-9-13)16-2-1-7-24-16/h1-9,11,22H,10H2,(H,19,21)/t18-/m0/s1. The lowest BCUT2D eigenvalue weighted by molar-refractivity contribution is 0.0714. The van der Waals surface area contributed by atoms with Crippen molar-refractivity contribution >= 4 is 38.8 Å². The average molecular weight is 370 g/mol. The van der Waals surface area contributed by atoms with Gasteiger partial charge in [0.05, 0.1) is 34.8 Å². The van der Waals surface area contributed by atoms with Gasteiger partial charge in [0, 0.05) is 16.0 Å². The SMILES string of the molecule is O=C(NC[C@](O)(c1ccoc1)c1cccs1)c1ccc2ncsc2c1. The summed E-state index contributed by atoms with van der Waals surface area (Å²) >= 11 is 2.92. The molecule has 0 unspecified atom stereocenters. The summed E-state index contributed by atoms with van der Waals surface area (Å²) in [5, 5.41) is 15.9. The average Bonchev–Trinajstić information content (AvgIpc) is 3.40. The van der Waals surface area contributed by atoms with Gasteiger partial charge in [-0.3, -0.25) is 4.79 Å². The van der Waals surface area contributed by atoms with Gasteiger partial charge in [-0.15, -0.1) is 22.7 Å². The monoisotopic (exact) mass is 370 g/mol. The predicted octanol–water partition coefficient (Wildman–Crippen LogP) is 3.62. The van der Waals surface area contributed by atoms with Gasteiger partial charge in [0.15, 0.2) is 0 Å². The molecular formula is C18H14N2O3S2. The third kappa shape index (κ3) is 2.97. The smallest absolute Gasteiger partial charge is 0.251 e. The number of benzene rings is 1. The number of thiophene rings is 1. The molecule has 1 aromatic carbocycles. The number of fused-ring (bicyclic) bond motifs is 1. The molecule has 0 aliphatic carbocycles. The second-order valence-corrected chi connectivity index (χ2v) is 7.40. The topological polar surface area (TPSA) is 75.4 Å². The van der Waals surface area contributed by atoms with E-state index in [9.17, 15) is 9.90 Å². The van der Waals surface area contributed by atoms with Crippen molar-refractivity contribution in [2.75, 3.05) is 6.54 Å². The van der Waals surface area contributed by atoms with Gasteiger partial charge in [-0.25, -0.2) is 4.98 Å². The van der Waals surface area contributed by atoms with Gasteiger partial charge in [0.2, 0.25) is 0 Å². The van der Waals surface area contributed by atoms with Gasteiger partial charge in [-0.1, -0.05) is 6.07 Å². The highest BCUT2D eigenvalue weighted by Crippen LogP contribution is 2.32. The summed E-state index contributed by atoms with van der Waals surface area (Å²) in [6.07, 6.45) is 3.00. The number of carbonyl (C=O) groups excluding carboxylic acids is 1. The number of aromatic nitrogens is 1. The molecule has 1 amide bonds. The molecule has 2 N–H and O–H groups in total. The molecule has 5 nitrogen and oxygen atoms in total. The second-order valence-electron chi connectivity index (χ2n) is 5.57. The zero-order valence-corrected chi connectivity index (χ0v) is 14.6. The van der Waals surface area contributed by atoms with Gasteiger partial charge >= 0.3 is 0 Å². The first kappa shape index (κ1) is 16.0. The lowest BCUT2D eigenvalue weighted by atomic mass is 9.94. The third-order valence-electron chi connectivity index (χ3n) is 4.03. The van der Waals surface area contributed by atoms with Crippen molar-refractivity contribution in [2.45, 2.75) is 5.60 Å². The number of thiazole rings is 1.